The second kappa shape index (κ2) is 10.3. The number of carboxylic acids is 1. The number of alkyl halides is 3. The normalized spacial score (nSPS) is 11.8. The third-order valence-corrected chi connectivity index (χ3v) is 3.87. The summed E-state index contributed by atoms with van der Waals surface area (Å²) in [5.41, 5.74) is 0.922. The lowest BCUT2D eigenvalue weighted by molar-refractivity contribution is -0.192. The van der Waals surface area contributed by atoms with Crippen LogP contribution in [-0.4, -0.2) is 38.0 Å². The second-order valence-electron chi connectivity index (χ2n) is 6.09. The van der Waals surface area contributed by atoms with Gasteiger partial charge in [0.2, 0.25) is 5.95 Å². The molecule has 31 heavy (non-hydrogen) atoms. The molecular formula is C19H20F3N5O4. The molecule has 1 aromatic carbocycles. The van der Waals surface area contributed by atoms with Crippen LogP contribution in [0.2, 0.25) is 0 Å². The van der Waals surface area contributed by atoms with E-state index in [-0.39, 0.29) is 5.95 Å². The van der Waals surface area contributed by atoms with Gasteiger partial charge < -0.3 is 14.8 Å². The Bertz CT molecular complexity index is 988. The van der Waals surface area contributed by atoms with Gasteiger partial charge in [-0.15, -0.1) is 5.10 Å². The summed E-state index contributed by atoms with van der Waals surface area (Å²) >= 11 is 0. The number of rotatable bonds is 5. The van der Waals surface area contributed by atoms with Crippen LogP contribution in [0.1, 0.15) is 30.1 Å². The Morgan fingerprint density at radius 2 is 1.84 bits per heavy atom. The number of nitrogens with zero attached hydrogens (tertiary/aromatic N) is 3. The van der Waals surface area contributed by atoms with E-state index in [1.807, 2.05) is 43.3 Å². The van der Waals surface area contributed by atoms with Crippen molar-refractivity contribution in [2.24, 2.45) is 7.05 Å². The number of halogens is 3. The zero-order chi connectivity index (χ0) is 23.0. The predicted molar refractivity (Wildman–Crippen MR) is 103 cm³/mol. The number of carboxylic acid groups (broad SMARTS) is 1. The first-order chi connectivity index (χ1) is 14.6. The number of aryl methyl sites for hydroxylation is 2. The Morgan fingerprint density at radius 3 is 2.32 bits per heavy atom. The molecule has 2 amide bonds. The van der Waals surface area contributed by atoms with Gasteiger partial charge in [-0.25, -0.2) is 9.59 Å². The maximum atomic E-state index is 12.3. The summed E-state index contributed by atoms with van der Waals surface area (Å²) in [6.07, 6.45) is -2.76. The number of hydrogen-bond acceptors (Lipinski definition) is 5. The number of urea groups is 1. The van der Waals surface area contributed by atoms with Crippen LogP contribution in [0.25, 0.3) is 0 Å². The van der Waals surface area contributed by atoms with E-state index in [0.717, 1.165) is 17.8 Å². The summed E-state index contributed by atoms with van der Waals surface area (Å²) in [5.74, 6) is -1.03. The zero-order valence-corrected chi connectivity index (χ0v) is 16.6. The standard InChI is InChI=1S/C17H19N5O2.C2HF3O2/c1-3-14-18-16(21-22(14)2)20-17(23)19-15(13-10-7-11-24-13)12-8-5-4-6-9-12;3-2(4,5)1(6)7/h4-11,15H,3H2,1-2H3,(H2,19,20,21,23);(H,6,7). The van der Waals surface area contributed by atoms with Crippen LogP contribution in [0.5, 0.6) is 0 Å². The second-order valence-corrected chi connectivity index (χ2v) is 6.09. The van der Waals surface area contributed by atoms with Crippen molar-refractivity contribution in [3.05, 3.63) is 65.9 Å². The van der Waals surface area contributed by atoms with Crippen molar-refractivity contribution in [3.63, 3.8) is 0 Å². The smallest absolute Gasteiger partial charge is 0.475 e. The molecule has 2 heterocycles. The molecule has 166 valence electrons. The van der Waals surface area contributed by atoms with Crippen LogP contribution >= 0.6 is 0 Å². The molecule has 0 spiro atoms. The number of benzene rings is 1. The fourth-order valence-corrected chi connectivity index (χ4v) is 2.47. The summed E-state index contributed by atoms with van der Waals surface area (Å²) in [6, 6.07) is 12.4. The molecule has 0 aliphatic heterocycles. The lowest BCUT2D eigenvalue weighted by atomic mass is 10.1. The van der Waals surface area contributed by atoms with Gasteiger partial charge in [-0.05, 0) is 17.7 Å². The molecule has 3 N–H and O–H groups in total. The number of carbonyl (C=O) groups is 2. The minimum Gasteiger partial charge on any atom is -0.475 e. The van der Waals surface area contributed by atoms with Crippen LogP contribution in [0.3, 0.4) is 0 Å². The monoisotopic (exact) mass is 439 g/mol. The van der Waals surface area contributed by atoms with Crippen molar-refractivity contribution in [2.75, 3.05) is 5.32 Å². The number of nitrogens with one attached hydrogen (secondary N) is 2. The molecule has 12 heteroatoms. The van der Waals surface area contributed by atoms with Crippen molar-refractivity contribution in [1.82, 2.24) is 20.1 Å². The Hall–Kier alpha value is -3.83. The highest BCUT2D eigenvalue weighted by atomic mass is 19.4. The summed E-state index contributed by atoms with van der Waals surface area (Å²) in [4.78, 5) is 25.5. The number of anilines is 1. The number of furan rings is 1. The van der Waals surface area contributed by atoms with Crippen LogP contribution in [-0.2, 0) is 18.3 Å². The summed E-state index contributed by atoms with van der Waals surface area (Å²) in [6.45, 7) is 1.98. The fourth-order valence-electron chi connectivity index (χ4n) is 2.47. The highest BCUT2D eigenvalue weighted by Crippen LogP contribution is 2.22. The van der Waals surface area contributed by atoms with Gasteiger partial charge in [-0.1, -0.05) is 37.3 Å². The fraction of sp³-hybridized carbons (Fsp3) is 0.263. The van der Waals surface area contributed by atoms with Gasteiger partial charge in [-0.3, -0.25) is 10.00 Å². The molecule has 0 fully saturated rings. The molecule has 3 aromatic rings. The van der Waals surface area contributed by atoms with E-state index in [1.54, 1.807) is 24.1 Å². The SMILES string of the molecule is CCc1nc(NC(=O)NC(c2ccccc2)c2ccco2)nn1C.O=C(O)C(F)(F)F. The van der Waals surface area contributed by atoms with Crippen LogP contribution in [0, 0.1) is 0 Å². The highest BCUT2D eigenvalue weighted by molar-refractivity contribution is 5.87. The van der Waals surface area contributed by atoms with Crippen molar-refractivity contribution in [3.8, 4) is 0 Å². The Labute approximate surface area is 174 Å². The largest absolute Gasteiger partial charge is 0.490 e. The number of aliphatic carboxylic acids is 1. The van der Waals surface area contributed by atoms with Crippen LogP contribution in [0.15, 0.2) is 53.1 Å². The molecule has 0 radical (unpaired) electrons. The summed E-state index contributed by atoms with van der Waals surface area (Å²) < 4.78 is 38.8. The lowest BCUT2D eigenvalue weighted by Crippen LogP contribution is -2.33. The van der Waals surface area contributed by atoms with Crippen LogP contribution in [0.4, 0.5) is 23.9 Å². The molecule has 9 nitrogen and oxygen atoms in total. The molecule has 3 rings (SSSR count). The van der Waals surface area contributed by atoms with Gasteiger partial charge in [0.15, 0.2) is 0 Å². The number of carbonyl (C=O) groups excluding carboxylic acids is 1. The van der Waals surface area contributed by atoms with E-state index < -0.39 is 24.2 Å². The third-order valence-electron chi connectivity index (χ3n) is 3.87. The highest BCUT2D eigenvalue weighted by Gasteiger charge is 2.38. The van der Waals surface area contributed by atoms with Gasteiger partial charge in [-0.2, -0.15) is 18.2 Å². The zero-order valence-electron chi connectivity index (χ0n) is 16.6. The first-order valence-corrected chi connectivity index (χ1v) is 8.97. The minimum atomic E-state index is -5.08. The molecule has 0 saturated heterocycles. The van der Waals surface area contributed by atoms with E-state index in [2.05, 4.69) is 20.7 Å². The van der Waals surface area contributed by atoms with Gasteiger partial charge in [0.25, 0.3) is 0 Å². The Balaban J connectivity index is 0.000000423. The summed E-state index contributed by atoms with van der Waals surface area (Å²) in [7, 11) is 1.80. The average Bonchev–Trinajstić information content (AvgIpc) is 3.36. The first-order valence-electron chi connectivity index (χ1n) is 8.97. The number of amides is 2. The van der Waals surface area contributed by atoms with Crippen molar-refractivity contribution in [1.29, 1.82) is 0 Å². The maximum Gasteiger partial charge on any atom is 0.490 e. The molecule has 0 aliphatic carbocycles. The topological polar surface area (TPSA) is 122 Å². The quantitative estimate of drug-likeness (QED) is 0.559. The first kappa shape index (κ1) is 23.4. The van der Waals surface area contributed by atoms with Crippen molar-refractivity contribution >= 4 is 17.9 Å². The van der Waals surface area contributed by atoms with Gasteiger partial charge in [0.1, 0.15) is 17.6 Å². The van der Waals surface area contributed by atoms with E-state index in [9.17, 15) is 18.0 Å². The lowest BCUT2D eigenvalue weighted by Gasteiger charge is -2.16. The average molecular weight is 439 g/mol. The van der Waals surface area contributed by atoms with E-state index in [1.165, 1.54) is 0 Å². The summed E-state index contributed by atoms with van der Waals surface area (Å²) in [5, 5.41) is 16.9. The molecule has 0 aliphatic rings. The molecule has 0 saturated carbocycles. The molecule has 1 atom stereocenters. The van der Waals surface area contributed by atoms with E-state index >= 15 is 0 Å². The Kier molecular flexibility index (Phi) is 7.77. The van der Waals surface area contributed by atoms with Gasteiger partial charge in [0, 0.05) is 13.5 Å². The number of aromatic nitrogens is 3. The van der Waals surface area contributed by atoms with E-state index in [0.29, 0.717) is 5.76 Å². The maximum absolute atomic E-state index is 12.3. The predicted octanol–water partition coefficient (Wildman–Crippen LogP) is 3.51. The minimum absolute atomic E-state index is 0.276. The van der Waals surface area contributed by atoms with Crippen LogP contribution < -0.4 is 10.6 Å². The van der Waals surface area contributed by atoms with Gasteiger partial charge in [0.05, 0.1) is 6.26 Å². The van der Waals surface area contributed by atoms with E-state index in [4.69, 9.17) is 14.3 Å². The number of hydrogen-bond donors (Lipinski definition) is 3. The third kappa shape index (κ3) is 6.87. The molecule has 2 aromatic heterocycles. The molecule has 0 bridgehead atoms. The Morgan fingerprint density at radius 1 is 1.19 bits per heavy atom. The van der Waals surface area contributed by atoms with Crippen molar-refractivity contribution < 1.29 is 32.3 Å². The van der Waals surface area contributed by atoms with Crippen molar-refractivity contribution in [2.45, 2.75) is 25.6 Å². The molecule has 1 unspecified atom stereocenters. The van der Waals surface area contributed by atoms with Gasteiger partial charge >= 0.3 is 18.2 Å². The molecular weight excluding hydrogens is 419 g/mol.